The number of hydrogen-bond acceptors (Lipinski definition) is 2. The van der Waals surface area contributed by atoms with Crippen molar-refractivity contribution in [2.45, 2.75) is 0 Å². The van der Waals surface area contributed by atoms with Crippen molar-refractivity contribution in [2.24, 2.45) is 0 Å². The van der Waals surface area contributed by atoms with Gasteiger partial charge in [0.15, 0.2) is 5.82 Å². The van der Waals surface area contributed by atoms with Crippen LogP contribution >= 0.6 is 0 Å². The molecular weight excluding hydrogens is 484 g/mol. The molecule has 0 unspecified atom stereocenters. The molecule has 0 aliphatic heterocycles. The zero-order chi connectivity index (χ0) is 26.7. The standard InChI is InChI=1S/C38H26N2/c1-4-12-27(13-5-1)31-23-22-28-18-11-21-34(35(28)25-31)32-19-10-20-33(24-32)38-39-36(29-14-6-2-7-15-29)26-37(40-38)30-16-8-3-9-17-30/h1-26H. The molecule has 188 valence electrons. The van der Waals surface area contributed by atoms with Gasteiger partial charge in [-0.25, -0.2) is 9.97 Å². The Morgan fingerprint density at radius 1 is 0.325 bits per heavy atom. The number of nitrogens with zero attached hydrogens (tertiary/aromatic N) is 2. The van der Waals surface area contributed by atoms with Crippen molar-refractivity contribution >= 4 is 10.8 Å². The van der Waals surface area contributed by atoms with E-state index in [0.717, 1.165) is 33.6 Å². The molecule has 0 spiro atoms. The molecule has 40 heavy (non-hydrogen) atoms. The third-order valence-electron chi connectivity index (χ3n) is 7.29. The van der Waals surface area contributed by atoms with Crippen molar-refractivity contribution in [2.75, 3.05) is 0 Å². The highest BCUT2D eigenvalue weighted by atomic mass is 14.9. The summed E-state index contributed by atoms with van der Waals surface area (Å²) in [5.74, 6) is 0.715. The monoisotopic (exact) mass is 510 g/mol. The first-order valence-corrected chi connectivity index (χ1v) is 13.5. The highest BCUT2D eigenvalue weighted by Gasteiger charge is 2.12. The lowest BCUT2D eigenvalue weighted by molar-refractivity contribution is 1.18. The molecule has 2 heteroatoms. The summed E-state index contributed by atoms with van der Waals surface area (Å²) in [5.41, 5.74) is 9.71. The van der Waals surface area contributed by atoms with Crippen molar-refractivity contribution < 1.29 is 0 Å². The number of hydrogen-bond donors (Lipinski definition) is 0. The zero-order valence-corrected chi connectivity index (χ0v) is 21.9. The van der Waals surface area contributed by atoms with E-state index in [-0.39, 0.29) is 0 Å². The zero-order valence-electron chi connectivity index (χ0n) is 21.9. The maximum atomic E-state index is 5.04. The second-order valence-electron chi connectivity index (χ2n) is 9.88. The van der Waals surface area contributed by atoms with Gasteiger partial charge < -0.3 is 0 Å². The summed E-state index contributed by atoms with van der Waals surface area (Å²) < 4.78 is 0. The van der Waals surface area contributed by atoms with Crippen LogP contribution in [0.5, 0.6) is 0 Å². The largest absolute Gasteiger partial charge is 0.228 e. The predicted octanol–water partition coefficient (Wildman–Crippen LogP) is 9.96. The van der Waals surface area contributed by atoms with Crippen molar-refractivity contribution in [3.63, 3.8) is 0 Å². The molecule has 0 saturated carbocycles. The molecule has 0 bridgehead atoms. The van der Waals surface area contributed by atoms with Gasteiger partial charge in [0.25, 0.3) is 0 Å². The summed E-state index contributed by atoms with van der Waals surface area (Å²) in [6.07, 6.45) is 0. The van der Waals surface area contributed by atoms with Gasteiger partial charge in [-0.1, -0.05) is 140 Å². The number of aromatic nitrogens is 2. The Morgan fingerprint density at radius 3 is 1.52 bits per heavy atom. The van der Waals surface area contributed by atoms with Gasteiger partial charge in [0, 0.05) is 16.7 Å². The molecule has 0 N–H and O–H groups in total. The van der Waals surface area contributed by atoms with Crippen molar-refractivity contribution in [1.82, 2.24) is 9.97 Å². The van der Waals surface area contributed by atoms with Gasteiger partial charge in [0.2, 0.25) is 0 Å². The van der Waals surface area contributed by atoms with E-state index in [1.54, 1.807) is 0 Å². The molecule has 2 nitrogen and oxygen atoms in total. The van der Waals surface area contributed by atoms with E-state index in [0.29, 0.717) is 5.82 Å². The van der Waals surface area contributed by atoms with Crippen LogP contribution in [0.15, 0.2) is 158 Å². The fourth-order valence-electron chi connectivity index (χ4n) is 5.25. The Hall–Kier alpha value is -5.34. The Kier molecular flexibility index (Phi) is 6.20. The number of rotatable bonds is 5. The minimum atomic E-state index is 0.715. The summed E-state index contributed by atoms with van der Waals surface area (Å²) in [4.78, 5) is 10.1. The highest BCUT2D eigenvalue weighted by Crippen LogP contribution is 2.34. The second kappa shape index (κ2) is 10.4. The first-order chi connectivity index (χ1) is 19.8. The van der Waals surface area contributed by atoms with Crippen molar-refractivity contribution in [3.05, 3.63) is 158 Å². The van der Waals surface area contributed by atoms with Gasteiger partial charge in [0.05, 0.1) is 11.4 Å². The van der Waals surface area contributed by atoms with Gasteiger partial charge in [-0.15, -0.1) is 0 Å². The quantitative estimate of drug-likeness (QED) is 0.230. The molecule has 0 saturated heterocycles. The van der Waals surface area contributed by atoms with Crippen LogP contribution in [0.4, 0.5) is 0 Å². The molecule has 6 aromatic carbocycles. The molecular formula is C38H26N2. The smallest absolute Gasteiger partial charge is 0.160 e. The third kappa shape index (κ3) is 4.68. The third-order valence-corrected chi connectivity index (χ3v) is 7.29. The van der Waals surface area contributed by atoms with Crippen LogP contribution in [0.25, 0.3) is 66.9 Å². The molecule has 0 aliphatic carbocycles. The molecule has 0 aliphatic rings. The number of fused-ring (bicyclic) bond motifs is 1. The molecule has 0 fully saturated rings. The molecule has 0 atom stereocenters. The van der Waals surface area contributed by atoms with Crippen LogP contribution in [0, 0.1) is 0 Å². The second-order valence-corrected chi connectivity index (χ2v) is 9.88. The Balaban J connectivity index is 1.37. The maximum Gasteiger partial charge on any atom is 0.160 e. The van der Waals surface area contributed by atoms with Crippen LogP contribution in [-0.4, -0.2) is 9.97 Å². The van der Waals surface area contributed by atoms with Crippen LogP contribution in [0.1, 0.15) is 0 Å². The van der Waals surface area contributed by atoms with Gasteiger partial charge in [-0.05, 0) is 51.2 Å². The van der Waals surface area contributed by atoms with Crippen LogP contribution in [-0.2, 0) is 0 Å². The molecule has 0 radical (unpaired) electrons. The van der Waals surface area contributed by atoms with Gasteiger partial charge in [0.1, 0.15) is 0 Å². The lowest BCUT2D eigenvalue weighted by Crippen LogP contribution is -1.96. The minimum absolute atomic E-state index is 0.715. The predicted molar refractivity (Wildman–Crippen MR) is 167 cm³/mol. The summed E-state index contributed by atoms with van der Waals surface area (Å²) in [5, 5.41) is 2.45. The van der Waals surface area contributed by atoms with Crippen molar-refractivity contribution in [3.8, 4) is 56.2 Å². The van der Waals surface area contributed by atoms with Crippen LogP contribution in [0.3, 0.4) is 0 Å². The fourth-order valence-corrected chi connectivity index (χ4v) is 5.25. The molecule has 7 rings (SSSR count). The maximum absolute atomic E-state index is 5.04. The van der Waals surface area contributed by atoms with E-state index in [9.17, 15) is 0 Å². The van der Waals surface area contributed by atoms with Crippen LogP contribution in [0.2, 0.25) is 0 Å². The van der Waals surface area contributed by atoms with E-state index in [4.69, 9.17) is 9.97 Å². The summed E-state index contributed by atoms with van der Waals surface area (Å²) in [6, 6.07) is 55.0. The summed E-state index contributed by atoms with van der Waals surface area (Å²) >= 11 is 0. The average molecular weight is 511 g/mol. The first-order valence-electron chi connectivity index (χ1n) is 13.5. The van der Waals surface area contributed by atoms with Gasteiger partial charge in [-0.3, -0.25) is 0 Å². The minimum Gasteiger partial charge on any atom is -0.228 e. The Bertz CT molecular complexity index is 1870. The topological polar surface area (TPSA) is 25.8 Å². The van der Waals surface area contributed by atoms with E-state index in [1.165, 1.54) is 27.5 Å². The van der Waals surface area contributed by atoms with E-state index in [2.05, 4.69) is 121 Å². The summed E-state index contributed by atoms with van der Waals surface area (Å²) in [6.45, 7) is 0. The fraction of sp³-hybridized carbons (Fsp3) is 0. The lowest BCUT2D eigenvalue weighted by Gasteiger charge is -2.12. The molecule has 1 heterocycles. The number of benzene rings is 6. The molecule has 7 aromatic rings. The average Bonchev–Trinajstić information content (AvgIpc) is 3.05. The molecule has 0 amide bonds. The first kappa shape index (κ1) is 23.8. The molecule has 1 aromatic heterocycles. The van der Waals surface area contributed by atoms with Gasteiger partial charge in [-0.2, -0.15) is 0 Å². The van der Waals surface area contributed by atoms with Crippen LogP contribution < -0.4 is 0 Å². The Labute approximate surface area is 234 Å². The van der Waals surface area contributed by atoms with Gasteiger partial charge >= 0.3 is 0 Å². The SMILES string of the molecule is c1ccc(-c2ccc3cccc(-c4cccc(-c5nc(-c6ccccc6)cc(-c6ccccc6)n5)c4)c3c2)cc1. The summed E-state index contributed by atoms with van der Waals surface area (Å²) in [7, 11) is 0. The van der Waals surface area contributed by atoms with E-state index in [1.807, 2.05) is 36.4 Å². The van der Waals surface area contributed by atoms with E-state index < -0.39 is 0 Å². The highest BCUT2D eigenvalue weighted by molar-refractivity contribution is 5.99. The van der Waals surface area contributed by atoms with E-state index >= 15 is 0 Å². The Morgan fingerprint density at radius 2 is 0.875 bits per heavy atom. The van der Waals surface area contributed by atoms with Crippen molar-refractivity contribution in [1.29, 1.82) is 0 Å². The normalized spacial score (nSPS) is 11.0. The lowest BCUT2D eigenvalue weighted by atomic mass is 9.94.